The molecule has 24 heavy (non-hydrogen) atoms. The summed E-state index contributed by atoms with van der Waals surface area (Å²) in [5, 5.41) is 0. The first-order valence-electron chi connectivity index (χ1n) is 7.43. The zero-order valence-electron chi connectivity index (χ0n) is 14.0. The van der Waals surface area contributed by atoms with Crippen molar-refractivity contribution in [2.75, 3.05) is 21.3 Å². The molecule has 0 aromatic heterocycles. The third-order valence-corrected chi connectivity index (χ3v) is 4.03. The van der Waals surface area contributed by atoms with Crippen molar-refractivity contribution in [1.82, 2.24) is 4.90 Å². The van der Waals surface area contributed by atoms with Gasteiger partial charge < -0.3 is 14.4 Å². The minimum Gasteiger partial charge on any atom is -0.497 e. The van der Waals surface area contributed by atoms with Crippen LogP contribution in [0.3, 0.4) is 0 Å². The number of amides is 1. The second kappa shape index (κ2) is 8.55. The lowest BCUT2D eigenvalue weighted by Crippen LogP contribution is -2.24. The highest BCUT2D eigenvalue weighted by Gasteiger charge is 2.10. The number of hydrogen-bond donors (Lipinski definition) is 0. The van der Waals surface area contributed by atoms with Crippen LogP contribution < -0.4 is 9.47 Å². The van der Waals surface area contributed by atoms with Crippen molar-refractivity contribution in [3.05, 3.63) is 64.1 Å². The highest BCUT2D eigenvalue weighted by atomic mass is 79.9. The minimum atomic E-state index is -0.0835. The average molecular weight is 390 g/mol. The summed E-state index contributed by atoms with van der Waals surface area (Å²) in [5.74, 6) is 1.44. The van der Waals surface area contributed by atoms with Gasteiger partial charge in [-0.2, -0.15) is 0 Å². The van der Waals surface area contributed by atoms with Crippen LogP contribution in [0.15, 0.2) is 53.0 Å². The molecule has 0 saturated heterocycles. The number of hydrogen-bond acceptors (Lipinski definition) is 3. The molecule has 5 heteroatoms. The first-order valence-corrected chi connectivity index (χ1v) is 8.22. The van der Waals surface area contributed by atoms with E-state index in [9.17, 15) is 4.79 Å². The van der Waals surface area contributed by atoms with Crippen molar-refractivity contribution in [3.8, 4) is 11.5 Å². The molecule has 2 aromatic carbocycles. The van der Waals surface area contributed by atoms with Crippen LogP contribution in [0, 0.1) is 0 Å². The predicted molar refractivity (Wildman–Crippen MR) is 99.2 cm³/mol. The molecule has 0 aliphatic rings. The van der Waals surface area contributed by atoms with Crippen molar-refractivity contribution >= 4 is 27.9 Å². The summed E-state index contributed by atoms with van der Waals surface area (Å²) in [7, 11) is 5.00. The third kappa shape index (κ3) is 4.86. The number of likely N-dealkylation sites (N-methyl/N-ethyl adjacent to an activating group) is 1. The van der Waals surface area contributed by atoms with Gasteiger partial charge in [0.15, 0.2) is 0 Å². The Morgan fingerprint density at radius 1 is 1.17 bits per heavy atom. The summed E-state index contributed by atoms with van der Waals surface area (Å²) in [6.07, 6.45) is 3.33. The van der Waals surface area contributed by atoms with Crippen LogP contribution in [0.4, 0.5) is 0 Å². The molecule has 0 fully saturated rings. The van der Waals surface area contributed by atoms with Gasteiger partial charge in [0.05, 0.1) is 14.2 Å². The number of ether oxygens (including phenoxy) is 2. The van der Waals surface area contributed by atoms with Crippen molar-refractivity contribution in [3.63, 3.8) is 0 Å². The van der Waals surface area contributed by atoms with Gasteiger partial charge in [-0.3, -0.25) is 4.79 Å². The summed E-state index contributed by atoms with van der Waals surface area (Å²) < 4.78 is 11.5. The molecule has 1 amide bonds. The van der Waals surface area contributed by atoms with Gasteiger partial charge >= 0.3 is 0 Å². The fraction of sp³-hybridized carbons (Fsp3) is 0.211. The molecule has 2 aromatic rings. The van der Waals surface area contributed by atoms with Gasteiger partial charge in [-0.05, 0) is 42.0 Å². The van der Waals surface area contributed by atoms with Gasteiger partial charge in [-0.25, -0.2) is 0 Å². The molecule has 0 atom stereocenters. The van der Waals surface area contributed by atoms with E-state index in [1.165, 1.54) is 0 Å². The number of methoxy groups -OCH3 is 2. The second-order valence-electron chi connectivity index (χ2n) is 5.26. The molecule has 0 aliphatic carbocycles. The summed E-state index contributed by atoms with van der Waals surface area (Å²) in [6.45, 7) is 0.462. The maximum atomic E-state index is 12.3. The molecule has 126 valence electrons. The molecule has 0 unspecified atom stereocenters. The predicted octanol–water partition coefficient (Wildman–Crippen LogP) is 4.14. The minimum absolute atomic E-state index is 0.0835. The second-order valence-corrected chi connectivity index (χ2v) is 6.18. The largest absolute Gasteiger partial charge is 0.497 e. The Balaban J connectivity index is 2.07. The first-order chi connectivity index (χ1) is 11.5. The molecular weight excluding hydrogens is 370 g/mol. The van der Waals surface area contributed by atoms with Crippen LogP contribution in [0.2, 0.25) is 0 Å². The van der Waals surface area contributed by atoms with E-state index in [2.05, 4.69) is 15.9 Å². The Hall–Kier alpha value is -2.27. The lowest BCUT2D eigenvalue weighted by Gasteiger charge is -2.17. The first kappa shape index (κ1) is 18.1. The zero-order valence-corrected chi connectivity index (χ0v) is 15.5. The highest BCUT2D eigenvalue weighted by Crippen LogP contribution is 2.24. The summed E-state index contributed by atoms with van der Waals surface area (Å²) in [6, 6.07) is 13.3. The van der Waals surface area contributed by atoms with E-state index in [0.717, 1.165) is 27.1 Å². The Kier molecular flexibility index (Phi) is 6.44. The lowest BCUT2D eigenvalue weighted by atomic mass is 10.1. The molecule has 2 rings (SSSR count). The van der Waals surface area contributed by atoms with E-state index < -0.39 is 0 Å². The van der Waals surface area contributed by atoms with Crippen LogP contribution in [-0.2, 0) is 11.3 Å². The van der Waals surface area contributed by atoms with Crippen molar-refractivity contribution in [2.45, 2.75) is 6.54 Å². The fourth-order valence-electron chi connectivity index (χ4n) is 2.24. The van der Waals surface area contributed by atoms with Crippen LogP contribution >= 0.6 is 15.9 Å². The number of benzene rings is 2. The number of halogens is 1. The van der Waals surface area contributed by atoms with Crippen LogP contribution in [-0.4, -0.2) is 32.1 Å². The standard InChI is InChI=1S/C19H20BrNO3/c1-21(13-15-12-16(20)8-9-18(15)24-3)19(22)10-7-14-5-4-6-17(11-14)23-2/h4-12H,13H2,1-3H3/b10-7+. The normalized spacial score (nSPS) is 10.7. The SMILES string of the molecule is COc1cccc(/C=C/C(=O)N(C)Cc2cc(Br)ccc2OC)c1. The van der Waals surface area contributed by atoms with E-state index in [-0.39, 0.29) is 5.91 Å². The number of carbonyl (C=O) groups is 1. The van der Waals surface area contributed by atoms with Crippen molar-refractivity contribution < 1.29 is 14.3 Å². The van der Waals surface area contributed by atoms with Gasteiger partial charge in [0, 0.05) is 29.7 Å². The average Bonchev–Trinajstić information content (AvgIpc) is 2.60. The Morgan fingerprint density at radius 3 is 2.67 bits per heavy atom. The summed E-state index contributed by atoms with van der Waals surface area (Å²) >= 11 is 3.44. The van der Waals surface area contributed by atoms with Gasteiger partial charge in [0.25, 0.3) is 0 Å². The summed E-state index contributed by atoms with van der Waals surface area (Å²) in [4.78, 5) is 14.0. The van der Waals surface area contributed by atoms with E-state index in [1.54, 1.807) is 38.3 Å². The molecule has 4 nitrogen and oxygen atoms in total. The maximum absolute atomic E-state index is 12.3. The van der Waals surface area contributed by atoms with E-state index >= 15 is 0 Å². The quantitative estimate of drug-likeness (QED) is 0.696. The molecule has 0 aliphatic heterocycles. The lowest BCUT2D eigenvalue weighted by molar-refractivity contribution is -0.125. The topological polar surface area (TPSA) is 38.8 Å². The molecular formula is C19H20BrNO3. The molecule has 0 saturated carbocycles. The third-order valence-electron chi connectivity index (χ3n) is 3.54. The van der Waals surface area contributed by atoms with Crippen molar-refractivity contribution in [2.24, 2.45) is 0 Å². The van der Waals surface area contributed by atoms with Gasteiger partial charge in [-0.1, -0.05) is 28.1 Å². The zero-order chi connectivity index (χ0) is 17.5. The van der Waals surface area contributed by atoms with E-state index in [0.29, 0.717) is 6.54 Å². The van der Waals surface area contributed by atoms with Crippen LogP contribution in [0.25, 0.3) is 6.08 Å². The molecule has 0 N–H and O–H groups in total. The van der Waals surface area contributed by atoms with Crippen LogP contribution in [0.5, 0.6) is 11.5 Å². The fourth-order valence-corrected chi connectivity index (χ4v) is 2.65. The van der Waals surface area contributed by atoms with Gasteiger partial charge in [0.2, 0.25) is 5.91 Å². The smallest absolute Gasteiger partial charge is 0.246 e. The number of carbonyl (C=O) groups excluding carboxylic acids is 1. The van der Waals surface area contributed by atoms with Gasteiger partial charge in [-0.15, -0.1) is 0 Å². The monoisotopic (exact) mass is 389 g/mol. The maximum Gasteiger partial charge on any atom is 0.246 e. The molecule has 0 bridgehead atoms. The highest BCUT2D eigenvalue weighted by molar-refractivity contribution is 9.10. The Bertz CT molecular complexity index is 743. The molecule has 0 radical (unpaired) electrons. The number of rotatable bonds is 6. The van der Waals surface area contributed by atoms with Crippen LogP contribution in [0.1, 0.15) is 11.1 Å². The van der Waals surface area contributed by atoms with Crippen molar-refractivity contribution in [1.29, 1.82) is 0 Å². The van der Waals surface area contributed by atoms with E-state index in [1.807, 2.05) is 42.5 Å². The molecule has 0 heterocycles. The Labute approximate surface area is 150 Å². The summed E-state index contributed by atoms with van der Waals surface area (Å²) in [5.41, 5.74) is 1.86. The Morgan fingerprint density at radius 2 is 1.96 bits per heavy atom. The number of nitrogens with zero attached hydrogens (tertiary/aromatic N) is 1. The van der Waals surface area contributed by atoms with E-state index in [4.69, 9.17) is 9.47 Å². The molecule has 0 spiro atoms. The van der Waals surface area contributed by atoms with Gasteiger partial charge in [0.1, 0.15) is 11.5 Å².